The number of hydrogen-bond acceptors (Lipinski definition) is 4. The summed E-state index contributed by atoms with van der Waals surface area (Å²) in [5, 5.41) is 0. The highest BCUT2D eigenvalue weighted by atomic mass is 16.1. The van der Waals surface area contributed by atoms with Gasteiger partial charge in [0.2, 0.25) is 0 Å². The van der Waals surface area contributed by atoms with E-state index in [1.54, 1.807) is 12.5 Å². The van der Waals surface area contributed by atoms with Gasteiger partial charge in [0.1, 0.15) is 12.1 Å². The summed E-state index contributed by atoms with van der Waals surface area (Å²) in [5.74, 6) is 2.22. The van der Waals surface area contributed by atoms with Crippen LogP contribution in [0.5, 0.6) is 0 Å². The van der Waals surface area contributed by atoms with Crippen LogP contribution in [0.2, 0.25) is 0 Å². The number of allylic oxidation sites excluding steroid dienone is 4. The van der Waals surface area contributed by atoms with Crippen LogP contribution in [0, 0.1) is 23.2 Å². The van der Waals surface area contributed by atoms with Crippen molar-refractivity contribution in [2.45, 2.75) is 118 Å². The number of nitrogens with zero attached hydrogens (tertiary/aromatic N) is 1. The molecule has 4 heteroatoms. The number of hydrogen-bond donors (Lipinski definition) is 0. The zero-order valence-electron chi connectivity index (χ0n) is 26.9. The van der Waals surface area contributed by atoms with Crippen molar-refractivity contribution in [3.8, 4) is 0 Å². The molecule has 4 nitrogen and oxygen atoms in total. The molecule has 41 heavy (non-hydrogen) atoms. The minimum atomic E-state index is 0.0466. The van der Waals surface area contributed by atoms with Gasteiger partial charge < -0.3 is 9.69 Å². The lowest BCUT2D eigenvalue weighted by molar-refractivity contribution is -0.125. The van der Waals surface area contributed by atoms with Crippen molar-refractivity contribution in [3.63, 3.8) is 0 Å². The topological polar surface area (TPSA) is 54.5 Å². The molecule has 4 aliphatic rings. The summed E-state index contributed by atoms with van der Waals surface area (Å²) in [5.41, 5.74) is 6.97. The molecule has 0 spiro atoms. The molecule has 0 saturated heterocycles. The van der Waals surface area contributed by atoms with E-state index in [1.165, 1.54) is 28.8 Å². The van der Waals surface area contributed by atoms with E-state index in [9.17, 15) is 14.4 Å². The average molecular weight is 562 g/mol. The van der Waals surface area contributed by atoms with Crippen LogP contribution in [0.25, 0.3) is 0 Å². The molecule has 2 fully saturated rings. The first-order chi connectivity index (χ1) is 19.7. The lowest BCUT2D eigenvalue weighted by atomic mass is 9.51. The lowest BCUT2D eigenvalue weighted by Crippen LogP contribution is -2.44. The van der Waals surface area contributed by atoms with Gasteiger partial charge in [-0.15, -0.1) is 0 Å². The van der Waals surface area contributed by atoms with Crippen LogP contribution < -0.4 is 4.90 Å². The van der Waals surface area contributed by atoms with E-state index < -0.39 is 0 Å². The summed E-state index contributed by atoms with van der Waals surface area (Å²) in [4.78, 5) is 37.8. The number of carbonyl (C=O) groups excluding carboxylic acids is 3. The molecule has 2 saturated carbocycles. The van der Waals surface area contributed by atoms with Crippen LogP contribution in [-0.2, 0) is 14.4 Å². The summed E-state index contributed by atoms with van der Waals surface area (Å²) in [6, 6.07) is 9.09. The normalized spacial score (nSPS) is 28.1. The molecule has 0 aliphatic heterocycles. The number of fused-ring (bicyclic) bond motifs is 4. The van der Waals surface area contributed by atoms with Crippen LogP contribution in [-0.4, -0.2) is 31.4 Å². The fourth-order valence-corrected chi connectivity index (χ4v) is 8.29. The third-order valence-corrected chi connectivity index (χ3v) is 10.0. The molecule has 5 atom stereocenters. The molecule has 0 N–H and O–H groups in total. The van der Waals surface area contributed by atoms with Crippen molar-refractivity contribution in [2.75, 3.05) is 18.5 Å². The molecular weight excluding hydrogens is 506 g/mol. The summed E-state index contributed by atoms with van der Waals surface area (Å²) >= 11 is 0. The van der Waals surface area contributed by atoms with E-state index in [4.69, 9.17) is 0 Å². The lowest BCUT2D eigenvalue weighted by Gasteiger charge is -2.52. The number of aldehydes is 1. The van der Waals surface area contributed by atoms with Gasteiger partial charge in [0, 0.05) is 44.0 Å². The molecule has 5 unspecified atom stereocenters. The van der Waals surface area contributed by atoms with Crippen molar-refractivity contribution in [1.82, 2.24) is 0 Å². The molecule has 4 aliphatic carbocycles. The number of Topliss-reactive ketones (excluding diaryl/α,β-unsaturated/α-hetero) is 1. The molecule has 1 aromatic rings. The molecule has 0 radical (unpaired) electrons. The van der Waals surface area contributed by atoms with Crippen molar-refractivity contribution in [2.24, 2.45) is 23.2 Å². The van der Waals surface area contributed by atoms with E-state index in [1.807, 2.05) is 19.9 Å². The Morgan fingerprint density at radius 1 is 1.02 bits per heavy atom. The molecule has 0 bridgehead atoms. The Morgan fingerprint density at radius 3 is 2.34 bits per heavy atom. The molecule has 0 heterocycles. The summed E-state index contributed by atoms with van der Waals surface area (Å²) < 4.78 is 0. The Kier molecular flexibility index (Phi) is 12.2. The predicted molar refractivity (Wildman–Crippen MR) is 171 cm³/mol. The Bertz CT molecular complexity index is 1110. The van der Waals surface area contributed by atoms with Crippen molar-refractivity contribution < 1.29 is 14.4 Å². The van der Waals surface area contributed by atoms with E-state index in [0.717, 1.165) is 64.2 Å². The predicted octanol–water partition coefficient (Wildman–Crippen LogP) is 9.04. The number of carbonyl (C=O) groups is 3. The number of unbranched alkanes of at least 4 members (excludes halogenated alkanes) is 2. The van der Waals surface area contributed by atoms with Crippen molar-refractivity contribution >= 4 is 23.5 Å². The average Bonchev–Trinajstić information content (AvgIpc) is 3.33. The number of rotatable bonds is 8. The maximum absolute atomic E-state index is 12.7. The van der Waals surface area contributed by atoms with Gasteiger partial charge in [0.15, 0.2) is 5.78 Å². The van der Waals surface area contributed by atoms with E-state index in [-0.39, 0.29) is 17.1 Å². The quantitative estimate of drug-likeness (QED) is 0.235. The van der Waals surface area contributed by atoms with E-state index in [2.05, 4.69) is 57.0 Å². The van der Waals surface area contributed by atoms with Crippen molar-refractivity contribution in [1.29, 1.82) is 0 Å². The second kappa shape index (κ2) is 15.1. The molecule has 0 aromatic heterocycles. The van der Waals surface area contributed by atoms with Gasteiger partial charge in [-0.05, 0) is 110 Å². The van der Waals surface area contributed by atoms with Gasteiger partial charge in [0.25, 0.3) is 0 Å². The van der Waals surface area contributed by atoms with E-state index in [0.29, 0.717) is 36.4 Å². The smallest absolute Gasteiger partial charge is 0.156 e. The minimum absolute atomic E-state index is 0.0466. The first kappa shape index (κ1) is 33.0. The minimum Gasteiger partial charge on any atom is -0.375 e. The number of benzene rings is 1. The molecule has 1 aromatic carbocycles. The second-order valence-corrected chi connectivity index (χ2v) is 12.7. The monoisotopic (exact) mass is 561 g/mol. The molecule has 0 amide bonds. The largest absolute Gasteiger partial charge is 0.375 e. The van der Waals surface area contributed by atoms with Crippen LogP contribution in [0.4, 0.5) is 5.69 Å². The Morgan fingerprint density at radius 2 is 1.71 bits per heavy atom. The Hall–Kier alpha value is -2.49. The van der Waals surface area contributed by atoms with E-state index >= 15 is 0 Å². The van der Waals surface area contributed by atoms with Crippen LogP contribution >= 0.6 is 0 Å². The van der Waals surface area contributed by atoms with Gasteiger partial charge in [-0.25, -0.2) is 0 Å². The Labute approximate surface area is 250 Å². The second-order valence-electron chi connectivity index (χ2n) is 12.7. The third kappa shape index (κ3) is 7.12. The zero-order chi connectivity index (χ0) is 30.2. The highest BCUT2D eigenvalue weighted by Gasteiger charge is 2.57. The first-order valence-electron chi connectivity index (χ1n) is 16.5. The highest BCUT2D eigenvalue weighted by molar-refractivity contribution is 5.93. The fraction of sp³-hybridized carbons (Fsp3) is 0.649. The maximum atomic E-state index is 12.7. The van der Waals surface area contributed by atoms with Gasteiger partial charge in [-0.2, -0.15) is 0 Å². The Balaban J connectivity index is 0.000000868. The number of ketones is 2. The summed E-state index contributed by atoms with van der Waals surface area (Å²) in [7, 11) is 2.12. The zero-order valence-corrected chi connectivity index (χ0v) is 26.9. The van der Waals surface area contributed by atoms with Crippen molar-refractivity contribution in [3.05, 3.63) is 52.6 Å². The fourth-order valence-electron chi connectivity index (χ4n) is 8.29. The molecule has 5 rings (SSSR count). The van der Waals surface area contributed by atoms with Gasteiger partial charge >= 0.3 is 0 Å². The first-order valence-corrected chi connectivity index (χ1v) is 16.5. The van der Waals surface area contributed by atoms with Crippen LogP contribution in [0.15, 0.2) is 47.1 Å². The molecular formula is C37H55NO3. The van der Waals surface area contributed by atoms with Gasteiger partial charge in [-0.3, -0.25) is 9.59 Å². The highest BCUT2D eigenvalue weighted by Crippen LogP contribution is 2.65. The summed E-state index contributed by atoms with van der Waals surface area (Å²) in [6.07, 6.45) is 13.6. The number of anilines is 1. The standard InChI is InChI=1S/C32H41NO3.C3H8.C2H6/c1-21(35)29-15-16-30-27-13-9-23-19-25(36)12-14-26(23)31(27)28(20-32(29,30)2)22-7-10-24(11-8-22)33(3)17-5-4-6-18-34;1-3-2;1-2/h7-8,10-11,18-19,27-30H,4-6,9,12-17,20H2,1-3H3;3H2,1-2H3;1-2H3. The molecule has 226 valence electrons. The van der Waals surface area contributed by atoms with Gasteiger partial charge in [0.05, 0.1) is 0 Å². The third-order valence-electron chi connectivity index (χ3n) is 10.0. The van der Waals surface area contributed by atoms with Gasteiger partial charge in [-0.1, -0.05) is 58.7 Å². The SMILES string of the molecule is CC.CC(=O)C1CCC2C3CCC4=CC(=O)CCC4=C3C(c3ccc(N(C)CCCCC=O)cc3)CC12C.CCC. The maximum Gasteiger partial charge on any atom is 0.156 e. The van der Waals surface area contributed by atoms with Crippen LogP contribution in [0.1, 0.15) is 124 Å². The summed E-state index contributed by atoms with van der Waals surface area (Å²) in [6.45, 7) is 13.4. The van der Waals surface area contributed by atoms with Crippen LogP contribution in [0.3, 0.4) is 0 Å².